The van der Waals surface area contributed by atoms with Crippen LogP contribution in [0.1, 0.15) is 18.4 Å². The van der Waals surface area contributed by atoms with E-state index in [2.05, 4.69) is 77.9 Å². The standard InChI is InChI=1S/C19H19IN6S/c20-18-24-16(15-17(25-18)26-9-3-4-10-27-19(26)23-15)21-8-7-12-11-22-14-6-2-1-5-13(12)14/h1-2,5-6,11,22H,3-4,7-10H2,(H,21,24,25). The van der Waals surface area contributed by atoms with E-state index in [0.29, 0.717) is 0 Å². The molecule has 0 spiro atoms. The van der Waals surface area contributed by atoms with Crippen molar-refractivity contribution in [3.8, 4) is 0 Å². The molecule has 0 unspecified atom stereocenters. The molecule has 138 valence electrons. The maximum Gasteiger partial charge on any atom is 0.194 e. The molecule has 4 heterocycles. The number of halogens is 1. The van der Waals surface area contributed by atoms with Crippen LogP contribution in [0, 0.1) is 3.83 Å². The Balaban J connectivity index is 1.41. The number of fused-ring (bicyclic) bond motifs is 4. The van der Waals surface area contributed by atoms with Gasteiger partial charge in [-0.1, -0.05) is 30.0 Å². The minimum atomic E-state index is 0.756. The van der Waals surface area contributed by atoms with Crippen molar-refractivity contribution in [1.29, 1.82) is 0 Å². The van der Waals surface area contributed by atoms with Crippen LogP contribution in [0.4, 0.5) is 5.82 Å². The fraction of sp³-hybridized carbons (Fsp3) is 0.316. The Kier molecular flexibility index (Phi) is 4.68. The number of thioether (sulfide) groups is 1. The lowest BCUT2D eigenvalue weighted by atomic mass is 10.1. The summed E-state index contributed by atoms with van der Waals surface area (Å²) >= 11 is 4.02. The van der Waals surface area contributed by atoms with E-state index in [1.807, 2.05) is 11.8 Å². The highest BCUT2D eigenvalue weighted by atomic mass is 127. The second-order valence-corrected chi connectivity index (χ2v) is 8.68. The first-order valence-electron chi connectivity index (χ1n) is 9.15. The van der Waals surface area contributed by atoms with Crippen LogP contribution in [0.5, 0.6) is 0 Å². The lowest BCUT2D eigenvalue weighted by Gasteiger charge is -2.07. The molecule has 6 nitrogen and oxygen atoms in total. The molecule has 0 radical (unpaired) electrons. The number of nitrogens with one attached hydrogen (secondary N) is 2. The molecule has 1 aliphatic rings. The second-order valence-electron chi connectivity index (χ2n) is 6.65. The third kappa shape index (κ3) is 3.29. The first kappa shape index (κ1) is 17.3. The number of H-pyrrole nitrogens is 1. The molecular weight excluding hydrogens is 471 g/mol. The van der Waals surface area contributed by atoms with Gasteiger partial charge in [0.05, 0.1) is 0 Å². The van der Waals surface area contributed by atoms with Gasteiger partial charge in [0.15, 0.2) is 26.0 Å². The highest BCUT2D eigenvalue weighted by Crippen LogP contribution is 2.30. The number of hydrogen-bond acceptors (Lipinski definition) is 5. The molecule has 3 aromatic heterocycles. The molecule has 0 amide bonds. The van der Waals surface area contributed by atoms with Crippen LogP contribution in [-0.2, 0) is 13.0 Å². The summed E-state index contributed by atoms with van der Waals surface area (Å²) in [4.78, 5) is 17.5. The fourth-order valence-corrected chi connectivity index (χ4v) is 5.07. The van der Waals surface area contributed by atoms with Crippen molar-refractivity contribution in [3.05, 3.63) is 39.9 Å². The first-order valence-corrected chi connectivity index (χ1v) is 11.2. The van der Waals surface area contributed by atoms with Gasteiger partial charge in [-0.2, -0.15) is 0 Å². The Morgan fingerprint density at radius 2 is 2.11 bits per heavy atom. The summed E-state index contributed by atoms with van der Waals surface area (Å²) in [7, 11) is 0. The van der Waals surface area contributed by atoms with Crippen LogP contribution in [-0.4, -0.2) is 36.8 Å². The van der Waals surface area contributed by atoms with Gasteiger partial charge in [-0.3, -0.25) is 0 Å². The number of aryl methyl sites for hydroxylation is 1. The molecule has 5 rings (SSSR count). The van der Waals surface area contributed by atoms with Gasteiger partial charge in [-0.15, -0.1) is 0 Å². The molecular formula is C19H19IN6S. The van der Waals surface area contributed by atoms with E-state index in [4.69, 9.17) is 4.98 Å². The van der Waals surface area contributed by atoms with Gasteiger partial charge in [0, 0.05) is 58.5 Å². The average molecular weight is 490 g/mol. The third-order valence-electron chi connectivity index (χ3n) is 4.90. The third-order valence-corrected chi connectivity index (χ3v) is 6.45. The molecule has 1 aromatic carbocycles. The summed E-state index contributed by atoms with van der Waals surface area (Å²) in [5.41, 5.74) is 4.34. The fourth-order valence-electron chi connectivity index (χ4n) is 3.58. The number of nitrogens with zero attached hydrogens (tertiary/aromatic N) is 4. The van der Waals surface area contributed by atoms with Gasteiger partial charge in [-0.25, -0.2) is 15.0 Å². The summed E-state index contributed by atoms with van der Waals surface area (Å²) in [5.74, 6) is 1.96. The van der Waals surface area contributed by atoms with Crippen LogP contribution in [0.2, 0.25) is 0 Å². The largest absolute Gasteiger partial charge is 0.368 e. The topological polar surface area (TPSA) is 71.4 Å². The van der Waals surface area contributed by atoms with E-state index in [1.165, 1.54) is 29.3 Å². The highest BCUT2D eigenvalue weighted by molar-refractivity contribution is 14.1. The smallest absolute Gasteiger partial charge is 0.194 e. The van der Waals surface area contributed by atoms with E-state index in [9.17, 15) is 0 Å². The SMILES string of the molecule is Ic1nc(NCCc2c[nH]c3ccccc23)c2nc3n(c2n1)CCCCS3. The summed E-state index contributed by atoms with van der Waals surface area (Å²) in [6, 6.07) is 8.41. The number of aromatic nitrogens is 5. The zero-order chi connectivity index (χ0) is 18.2. The Morgan fingerprint density at radius 1 is 1.19 bits per heavy atom. The lowest BCUT2D eigenvalue weighted by Crippen LogP contribution is -2.08. The van der Waals surface area contributed by atoms with Gasteiger partial charge < -0.3 is 14.9 Å². The van der Waals surface area contributed by atoms with E-state index >= 15 is 0 Å². The van der Waals surface area contributed by atoms with Gasteiger partial charge >= 0.3 is 0 Å². The second kappa shape index (κ2) is 7.31. The average Bonchev–Trinajstić information content (AvgIpc) is 3.15. The maximum atomic E-state index is 4.85. The minimum Gasteiger partial charge on any atom is -0.368 e. The predicted octanol–water partition coefficient (Wildman–Crippen LogP) is 4.45. The van der Waals surface area contributed by atoms with Gasteiger partial charge in [0.25, 0.3) is 0 Å². The monoisotopic (exact) mass is 490 g/mol. The Labute approximate surface area is 174 Å². The van der Waals surface area contributed by atoms with Gasteiger partial charge in [0.2, 0.25) is 0 Å². The van der Waals surface area contributed by atoms with Crippen molar-refractivity contribution in [2.75, 3.05) is 17.6 Å². The van der Waals surface area contributed by atoms with Crippen LogP contribution in [0.3, 0.4) is 0 Å². The molecule has 2 N–H and O–H groups in total. The summed E-state index contributed by atoms with van der Waals surface area (Å²) in [5, 5.41) is 5.85. The molecule has 0 bridgehead atoms. The summed E-state index contributed by atoms with van der Waals surface area (Å²) in [6.07, 6.45) is 5.43. The predicted molar refractivity (Wildman–Crippen MR) is 118 cm³/mol. The Bertz CT molecular complexity index is 1120. The number of aromatic amines is 1. The number of imidazole rings is 1. The Morgan fingerprint density at radius 3 is 3.07 bits per heavy atom. The zero-order valence-electron chi connectivity index (χ0n) is 14.7. The van der Waals surface area contributed by atoms with Crippen LogP contribution < -0.4 is 5.32 Å². The molecule has 8 heteroatoms. The number of para-hydroxylation sites is 1. The van der Waals surface area contributed by atoms with Crippen molar-refractivity contribution < 1.29 is 0 Å². The first-order chi connectivity index (χ1) is 13.3. The normalized spacial score (nSPS) is 14.4. The van der Waals surface area contributed by atoms with Crippen molar-refractivity contribution in [1.82, 2.24) is 24.5 Å². The number of benzene rings is 1. The van der Waals surface area contributed by atoms with Crippen LogP contribution >= 0.6 is 34.4 Å². The quantitative estimate of drug-likeness (QED) is 0.327. The Hall–Kier alpha value is -1.81. The lowest BCUT2D eigenvalue weighted by molar-refractivity contribution is 0.613. The molecule has 0 fully saturated rings. The highest BCUT2D eigenvalue weighted by Gasteiger charge is 2.19. The van der Waals surface area contributed by atoms with Crippen molar-refractivity contribution >= 4 is 62.2 Å². The van der Waals surface area contributed by atoms with E-state index < -0.39 is 0 Å². The molecule has 1 aliphatic heterocycles. The minimum absolute atomic E-state index is 0.756. The van der Waals surface area contributed by atoms with E-state index in [-0.39, 0.29) is 0 Å². The van der Waals surface area contributed by atoms with Gasteiger partial charge in [0.1, 0.15) is 0 Å². The number of hydrogen-bond donors (Lipinski definition) is 2. The van der Waals surface area contributed by atoms with Crippen molar-refractivity contribution in [2.45, 2.75) is 31.0 Å². The van der Waals surface area contributed by atoms with E-state index in [1.54, 1.807) is 0 Å². The van der Waals surface area contributed by atoms with Crippen LogP contribution in [0.25, 0.3) is 22.1 Å². The molecule has 0 saturated heterocycles. The molecule has 4 aromatic rings. The number of anilines is 1. The molecule has 0 saturated carbocycles. The zero-order valence-corrected chi connectivity index (χ0v) is 17.7. The van der Waals surface area contributed by atoms with Crippen molar-refractivity contribution in [2.24, 2.45) is 0 Å². The number of rotatable bonds is 4. The molecule has 0 aliphatic carbocycles. The molecule has 27 heavy (non-hydrogen) atoms. The van der Waals surface area contributed by atoms with Gasteiger partial charge in [-0.05, 0) is 30.9 Å². The summed E-state index contributed by atoms with van der Waals surface area (Å²) in [6.45, 7) is 1.79. The summed E-state index contributed by atoms with van der Waals surface area (Å²) < 4.78 is 3.01. The van der Waals surface area contributed by atoms with E-state index in [0.717, 1.165) is 51.2 Å². The van der Waals surface area contributed by atoms with Crippen LogP contribution in [0.15, 0.2) is 35.6 Å². The van der Waals surface area contributed by atoms with Crippen molar-refractivity contribution in [3.63, 3.8) is 0 Å². The molecule has 0 atom stereocenters. The maximum absolute atomic E-state index is 4.85.